The summed E-state index contributed by atoms with van der Waals surface area (Å²) in [6, 6.07) is 10.2. The maximum absolute atomic E-state index is 11.7. The highest BCUT2D eigenvalue weighted by molar-refractivity contribution is 5.88. The molecule has 4 nitrogen and oxygen atoms in total. The number of cyclic esters (lactones) is 1. The molecule has 1 unspecified atom stereocenters. The molecule has 1 aliphatic heterocycles. The topological polar surface area (TPSA) is 62.1 Å². The van der Waals surface area contributed by atoms with Crippen molar-refractivity contribution in [2.24, 2.45) is 5.92 Å². The molecule has 2 rings (SSSR count). The first kappa shape index (κ1) is 15.1. The summed E-state index contributed by atoms with van der Waals surface area (Å²) in [5, 5.41) is 12.3. The van der Waals surface area contributed by atoms with Crippen molar-refractivity contribution in [2.45, 2.75) is 39.2 Å². The Morgan fingerprint density at radius 3 is 2.52 bits per heavy atom. The second kappa shape index (κ2) is 6.01. The molecular formula is C17H20N2O2. The number of nitriles is 1. The fourth-order valence-electron chi connectivity index (χ4n) is 2.51. The summed E-state index contributed by atoms with van der Waals surface area (Å²) >= 11 is 0. The van der Waals surface area contributed by atoms with Gasteiger partial charge in [0.05, 0.1) is 18.2 Å². The Labute approximate surface area is 125 Å². The summed E-state index contributed by atoms with van der Waals surface area (Å²) in [7, 11) is 0. The summed E-state index contributed by atoms with van der Waals surface area (Å²) in [5.74, 6) is -0.385. The maximum atomic E-state index is 11.7. The molecule has 0 amide bonds. The molecule has 21 heavy (non-hydrogen) atoms. The average molecular weight is 284 g/mol. The van der Waals surface area contributed by atoms with E-state index in [1.165, 1.54) is 11.6 Å². The second-order valence-electron chi connectivity index (χ2n) is 5.53. The van der Waals surface area contributed by atoms with E-state index in [-0.39, 0.29) is 12.3 Å². The zero-order chi connectivity index (χ0) is 15.5. The van der Waals surface area contributed by atoms with Crippen LogP contribution in [0.25, 0.3) is 0 Å². The molecule has 0 saturated heterocycles. The third-order valence-electron chi connectivity index (χ3n) is 3.92. The number of nitrogens with zero attached hydrogens (tertiary/aromatic N) is 1. The van der Waals surface area contributed by atoms with Crippen LogP contribution in [0.2, 0.25) is 0 Å². The first-order valence-corrected chi connectivity index (χ1v) is 7.20. The van der Waals surface area contributed by atoms with Crippen LogP contribution in [0.5, 0.6) is 0 Å². The van der Waals surface area contributed by atoms with E-state index in [1.54, 1.807) is 0 Å². The minimum Gasteiger partial charge on any atom is -0.448 e. The Morgan fingerprint density at radius 1 is 1.33 bits per heavy atom. The maximum Gasteiger partial charge on any atom is 0.333 e. The lowest BCUT2D eigenvalue weighted by Gasteiger charge is -2.33. The van der Waals surface area contributed by atoms with Gasteiger partial charge >= 0.3 is 5.97 Å². The number of hydrogen-bond acceptors (Lipinski definition) is 4. The summed E-state index contributed by atoms with van der Waals surface area (Å²) in [6.45, 7) is 6.00. The van der Waals surface area contributed by atoms with Crippen LogP contribution in [-0.4, -0.2) is 11.6 Å². The van der Waals surface area contributed by atoms with Crippen LogP contribution in [0.3, 0.4) is 0 Å². The Hall–Kier alpha value is -2.28. The molecule has 0 aliphatic carbocycles. The van der Waals surface area contributed by atoms with Crippen LogP contribution in [0.1, 0.15) is 32.8 Å². The third-order valence-corrected chi connectivity index (χ3v) is 3.92. The number of rotatable bonds is 5. The molecule has 0 radical (unpaired) electrons. The Bertz CT molecular complexity index is 596. The van der Waals surface area contributed by atoms with E-state index in [4.69, 9.17) is 10.00 Å². The van der Waals surface area contributed by atoms with Crippen molar-refractivity contribution in [2.75, 3.05) is 5.32 Å². The smallest absolute Gasteiger partial charge is 0.333 e. The van der Waals surface area contributed by atoms with E-state index in [1.807, 2.05) is 38.1 Å². The third kappa shape index (κ3) is 2.92. The quantitative estimate of drug-likeness (QED) is 0.842. The lowest BCUT2D eigenvalue weighted by Crippen LogP contribution is -2.40. The standard InChI is InChI=1S/C17H20N2O2/c1-4-13-5-7-14(8-6-13)19-15-11-16(20)21-17(15,9-10-18)12(2)3/h5-8,11-12,19H,4,9H2,1-3H3. The monoisotopic (exact) mass is 284 g/mol. The molecule has 1 aliphatic rings. The molecule has 0 bridgehead atoms. The molecule has 1 N–H and O–H groups in total. The molecule has 0 saturated carbocycles. The van der Waals surface area contributed by atoms with Crippen LogP contribution in [-0.2, 0) is 16.0 Å². The number of nitrogens with one attached hydrogen (secondary N) is 1. The van der Waals surface area contributed by atoms with Gasteiger partial charge in [0.15, 0.2) is 5.60 Å². The van der Waals surface area contributed by atoms with Crippen molar-refractivity contribution in [3.05, 3.63) is 41.6 Å². The fraction of sp³-hybridized carbons (Fsp3) is 0.412. The normalized spacial score (nSPS) is 20.9. The van der Waals surface area contributed by atoms with E-state index >= 15 is 0 Å². The summed E-state index contributed by atoms with van der Waals surface area (Å²) < 4.78 is 5.46. The number of ether oxygens (including phenoxy) is 1. The highest BCUT2D eigenvalue weighted by atomic mass is 16.6. The molecule has 110 valence electrons. The zero-order valence-corrected chi connectivity index (χ0v) is 12.6. The SMILES string of the molecule is CCc1ccc(NC2=CC(=O)OC2(CC#N)C(C)C)cc1. The van der Waals surface area contributed by atoms with Gasteiger partial charge in [-0.05, 0) is 30.0 Å². The highest BCUT2D eigenvalue weighted by Gasteiger charge is 2.46. The van der Waals surface area contributed by atoms with E-state index in [2.05, 4.69) is 18.3 Å². The van der Waals surface area contributed by atoms with E-state index in [0.29, 0.717) is 5.70 Å². The van der Waals surface area contributed by atoms with Crippen molar-refractivity contribution in [3.63, 3.8) is 0 Å². The summed E-state index contributed by atoms with van der Waals surface area (Å²) in [4.78, 5) is 11.7. The molecule has 1 aromatic rings. The van der Waals surface area contributed by atoms with Gasteiger partial charge in [-0.1, -0.05) is 32.9 Å². The van der Waals surface area contributed by atoms with E-state index in [9.17, 15) is 4.79 Å². The summed E-state index contributed by atoms with van der Waals surface area (Å²) in [5.41, 5.74) is 1.92. The van der Waals surface area contributed by atoms with Gasteiger partial charge in [-0.15, -0.1) is 0 Å². The number of aryl methyl sites for hydroxylation is 1. The molecule has 1 aromatic carbocycles. The molecule has 1 heterocycles. The second-order valence-corrected chi connectivity index (χ2v) is 5.53. The molecular weight excluding hydrogens is 264 g/mol. The Kier molecular flexibility index (Phi) is 4.32. The largest absolute Gasteiger partial charge is 0.448 e. The molecule has 0 fully saturated rings. The highest BCUT2D eigenvalue weighted by Crippen LogP contribution is 2.38. The fourth-order valence-corrected chi connectivity index (χ4v) is 2.51. The average Bonchev–Trinajstić information content (AvgIpc) is 2.77. The number of carbonyl (C=O) groups excluding carboxylic acids is 1. The number of hydrogen-bond donors (Lipinski definition) is 1. The minimum absolute atomic E-state index is 0.0114. The molecule has 4 heteroatoms. The van der Waals surface area contributed by atoms with Crippen LogP contribution >= 0.6 is 0 Å². The van der Waals surface area contributed by atoms with Crippen LogP contribution < -0.4 is 5.32 Å². The Morgan fingerprint density at radius 2 is 2.00 bits per heavy atom. The van der Waals surface area contributed by atoms with Crippen molar-refractivity contribution < 1.29 is 9.53 Å². The van der Waals surface area contributed by atoms with Gasteiger partial charge in [-0.3, -0.25) is 0 Å². The predicted molar refractivity (Wildman–Crippen MR) is 81.4 cm³/mol. The van der Waals surface area contributed by atoms with Gasteiger partial charge in [0.2, 0.25) is 0 Å². The van der Waals surface area contributed by atoms with Gasteiger partial charge in [0.25, 0.3) is 0 Å². The van der Waals surface area contributed by atoms with Crippen LogP contribution in [0.4, 0.5) is 5.69 Å². The van der Waals surface area contributed by atoms with Crippen LogP contribution in [0.15, 0.2) is 36.0 Å². The minimum atomic E-state index is -0.880. The van der Waals surface area contributed by atoms with Crippen LogP contribution in [0, 0.1) is 17.2 Å². The van der Waals surface area contributed by atoms with Crippen molar-refractivity contribution in [1.29, 1.82) is 5.26 Å². The van der Waals surface area contributed by atoms with Crippen molar-refractivity contribution in [3.8, 4) is 6.07 Å². The van der Waals surface area contributed by atoms with Gasteiger partial charge < -0.3 is 10.1 Å². The van der Waals surface area contributed by atoms with Crippen molar-refractivity contribution in [1.82, 2.24) is 0 Å². The van der Waals surface area contributed by atoms with Crippen molar-refractivity contribution >= 4 is 11.7 Å². The van der Waals surface area contributed by atoms with E-state index < -0.39 is 11.6 Å². The van der Waals surface area contributed by atoms with Gasteiger partial charge in [0, 0.05) is 11.8 Å². The first-order chi connectivity index (χ1) is 10.0. The van der Waals surface area contributed by atoms with Gasteiger partial charge in [0.1, 0.15) is 0 Å². The number of benzene rings is 1. The number of carbonyl (C=O) groups is 1. The van der Waals surface area contributed by atoms with Gasteiger partial charge in [-0.25, -0.2) is 4.79 Å². The molecule has 0 spiro atoms. The molecule has 0 aromatic heterocycles. The molecule has 1 atom stereocenters. The van der Waals surface area contributed by atoms with E-state index in [0.717, 1.165) is 12.1 Å². The lowest BCUT2D eigenvalue weighted by atomic mass is 9.85. The zero-order valence-electron chi connectivity index (χ0n) is 12.6. The lowest BCUT2D eigenvalue weighted by molar-refractivity contribution is -0.149. The number of anilines is 1. The number of esters is 1. The summed E-state index contributed by atoms with van der Waals surface area (Å²) in [6.07, 6.45) is 2.57. The Balaban J connectivity index is 2.28. The first-order valence-electron chi connectivity index (χ1n) is 7.20. The predicted octanol–water partition coefficient (Wildman–Crippen LogP) is 3.41. The van der Waals surface area contributed by atoms with Gasteiger partial charge in [-0.2, -0.15) is 5.26 Å².